The van der Waals surface area contributed by atoms with Crippen LogP contribution < -0.4 is 57.9 Å². The molecule has 2 aliphatic heterocycles. The lowest BCUT2D eigenvalue weighted by molar-refractivity contribution is -0.192. The van der Waals surface area contributed by atoms with Crippen LogP contribution in [0.25, 0.3) is 0 Å². The molecule has 40 heteroatoms. The molecule has 0 bridgehead atoms. The number of esters is 1. The van der Waals surface area contributed by atoms with Gasteiger partial charge < -0.3 is 108 Å². The molecule has 7 rings (SSSR count). The van der Waals surface area contributed by atoms with Gasteiger partial charge in [0.05, 0.1) is 30.6 Å². The van der Waals surface area contributed by atoms with Crippen molar-refractivity contribution in [3.63, 3.8) is 0 Å². The first-order valence-corrected chi connectivity index (χ1v) is 35.9. The van der Waals surface area contributed by atoms with Crippen molar-refractivity contribution in [2.24, 2.45) is 11.8 Å². The number of rotatable bonds is 38. The molecule has 116 heavy (non-hydrogen) atoms. The van der Waals surface area contributed by atoms with Gasteiger partial charge in [0, 0.05) is 53.0 Å². The third-order valence-electron chi connectivity index (χ3n) is 18.2. The van der Waals surface area contributed by atoms with Crippen LogP contribution in [0.1, 0.15) is 131 Å². The zero-order chi connectivity index (χ0) is 86.1. The Morgan fingerprint density at radius 2 is 0.784 bits per heavy atom. The summed E-state index contributed by atoms with van der Waals surface area (Å²) in [5.74, 6) is -20.5. The fraction of sp³-hybridized carbons (Fsp3) is 0.395. The maximum Gasteiger partial charge on any atom is 0.490 e. The van der Waals surface area contributed by atoms with Crippen LogP contribution in [0.4, 0.5) is 34.1 Å². The molecule has 0 saturated heterocycles. The second kappa shape index (κ2) is 42.0. The topological polar surface area (TPSA) is 572 Å². The smallest absolute Gasteiger partial charge is 0.481 e. The van der Waals surface area contributed by atoms with Crippen LogP contribution in [0, 0.1) is 11.8 Å². The molecule has 12 atom stereocenters. The molecule has 2 aliphatic rings. The highest BCUT2D eigenvalue weighted by Gasteiger charge is 2.54. The van der Waals surface area contributed by atoms with E-state index in [2.05, 4.69) is 53.2 Å². The number of carboxylic acids is 5. The van der Waals surface area contributed by atoms with Crippen molar-refractivity contribution in [2.45, 2.75) is 178 Å². The van der Waals surface area contributed by atoms with Crippen LogP contribution in [0.2, 0.25) is 0 Å². The Kier molecular flexibility index (Phi) is 33.2. The first-order valence-electron chi connectivity index (χ1n) is 35.9. The van der Waals surface area contributed by atoms with Crippen LogP contribution in [0.5, 0.6) is 11.5 Å². The largest absolute Gasteiger partial charge is 0.490 e. The number of anilines is 2. The number of benzene rings is 5. The Morgan fingerprint density at radius 1 is 0.431 bits per heavy atom. The van der Waals surface area contributed by atoms with Gasteiger partial charge in [0.15, 0.2) is 5.60 Å². The summed E-state index contributed by atoms with van der Waals surface area (Å²) in [6.07, 6.45) is -14.9. The minimum absolute atomic E-state index is 0.109. The van der Waals surface area contributed by atoms with E-state index in [1.165, 1.54) is 42.5 Å². The van der Waals surface area contributed by atoms with Crippen LogP contribution in [0.15, 0.2) is 121 Å². The summed E-state index contributed by atoms with van der Waals surface area (Å²) >= 11 is 0. The number of aliphatic carboxylic acids is 5. The third kappa shape index (κ3) is 25.9. The molecule has 0 aromatic heterocycles. The first-order chi connectivity index (χ1) is 54.7. The number of fused-ring (bicyclic) bond motifs is 6. The average molecular weight is 1630 g/mol. The number of ether oxygens (including phenoxy) is 4. The summed E-state index contributed by atoms with van der Waals surface area (Å²) in [6.45, 7) is 8.42. The van der Waals surface area contributed by atoms with Crippen LogP contribution in [-0.2, 0) is 95.4 Å². The highest BCUT2D eigenvalue weighted by molar-refractivity contribution is 6.03. The Balaban J connectivity index is 0.00000285. The summed E-state index contributed by atoms with van der Waals surface area (Å²) < 4.78 is 54.9. The third-order valence-corrected chi connectivity index (χ3v) is 18.2. The van der Waals surface area contributed by atoms with Crippen LogP contribution >= 0.6 is 0 Å². The highest BCUT2D eigenvalue weighted by atomic mass is 19.4. The van der Waals surface area contributed by atoms with Crippen molar-refractivity contribution in [3.05, 3.63) is 155 Å². The van der Waals surface area contributed by atoms with Crippen molar-refractivity contribution >= 4 is 107 Å². The van der Waals surface area contributed by atoms with Crippen LogP contribution in [0.3, 0.4) is 0 Å². The number of halogens is 3. The molecule has 10 amide bonds. The maximum absolute atomic E-state index is 14.2. The Morgan fingerprint density at radius 3 is 1.13 bits per heavy atom. The number of aliphatic hydroxyl groups excluding tert-OH is 2. The highest BCUT2D eigenvalue weighted by Crippen LogP contribution is 2.57. The standard InChI is InChI=1S/C74H86N10O25.C2HF3O2/c1-7-37(3)59(83-72(104)106-35-41-17-11-9-12-18-41)67(99)77-49(27-29-55(87)88)63(95)81-61(39(5)85)69(101)79-51(33-57(91)92)65(97)75-43-23-25-47-53(31-43)108-54-32-44(24-26-48(54)74(47)46-22-16-15-21-45(46)71(103)109-74)76-66(98)52(34-58(93)94)80-70(102)62(40(6)86)82-64(96)50(28-30-56(89)90)78-68(100)60(38(4)8-2)84-73(105)107-36-42-19-13-10-14-20-42;3-2(4,5)1(6)7/h9-26,31-32,37-40,49-52,59-62,85-86H,7-8,27-30,33-36H2,1-6H3,(H,75,97)(H,76,98)(H,77,99)(H,78,100)(H,79,101)(H,80,102)(H,81,95)(H,82,96)(H,83,104)(H,84,105)(H,87,88)(H,89,90)(H,91,92)(H,93,94);(H,6,7)/t37-,38-,39+,40+,49-,50-,51-,52-,59-,60-,61-,62-;/m0./s1. The predicted octanol–water partition coefficient (Wildman–Crippen LogP) is 3.80. The molecular weight excluding hydrogens is 1540 g/mol. The zero-order valence-corrected chi connectivity index (χ0v) is 63.0. The summed E-state index contributed by atoms with van der Waals surface area (Å²) in [5, 5.41) is 91.7. The molecule has 0 aliphatic carbocycles. The number of amides is 10. The minimum atomic E-state index is -5.08. The Hall–Kier alpha value is -13.3. The number of alkyl halides is 3. The fourth-order valence-corrected chi connectivity index (χ4v) is 11.7. The minimum Gasteiger partial charge on any atom is -0.481 e. The molecule has 0 fully saturated rings. The normalized spacial score (nSPS) is 15.2. The molecule has 5 aromatic rings. The summed E-state index contributed by atoms with van der Waals surface area (Å²) in [7, 11) is 0. The van der Waals surface area contributed by atoms with E-state index in [0.29, 0.717) is 24.0 Å². The quantitative estimate of drug-likeness (QED) is 0.0197. The average Bonchev–Trinajstić information content (AvgIpc) is 1.51. The molecule has 1 spiro atoms. The number of nitrogens with one attached hydrogen (secondary N) is 10. The maximum atomic E-state index is 14.2. The van der Waals surface area contributed by atoms with Gasteiger partial charge in [-0.05, 0) is 80.0 Å². The molecule has 0 unspecified atom stereocenters. The molecule has 2 heterocycles. The summed E-state index contributed by atoms with van der Waals surface area (Å²) in [4.78, 5) is 209. The second-order valence-electron chi connectivity index (χ2n) is 26.8. The van der Waals surface area contributed by atoms with Gasteiger partial charge in [0.1, 0.15) is 73.0 Å². The molecular formula is C76H87F3N10O27. The number of aliphatic hydroxyl groups is 2. The van der Waals surface area contributed by atoms with E-state index >= 15 is 0 Å². The van der Waals surface area contributed by atoms with E-state index < -0.39 is 218 Å². The van der Waals surface area contributed by atoms with Crippen molar-refractivity contribution in [3.8, 4) is 11.5 Å². The van der Waals surface area contributed by atoms with Gasteiger partial charge in [-0.15, -0.1) is 0 Å². The number of carbonyl (C=O) groups is 16. The van der Waals surface area contributed by atoms with Gasteiger partial charge >= 0.3 is 54.2 Å². The van der Waals surface area contributed by atoms with Crippen molar-refractivity contribution in [2.75, 3.05) is 10.6 Å². The predicted molar refractivity (Wildman–Crippen MR) is 395 cm³/mol. The number of carboxylic acid groups (broad SMARTS) is 5. The zero-order valence-electron chi connectivity index (χ0n) is 63.0. The molecule has 37 nitrogen and oxygen atoms in total. The van der Waals surface area contributed by atoms with E-state index in [-0.39, 0.29) is 58.3 Å². The van der Waals surface area contributed by atoms with Gasteiger partial charge in [-0.1, -0.05) is 119 Å². The van der Waals surface area contributed by atoms with E-state index in [1.807, 2.05) is 0 Å². The van der Waals surface area contributed by atoms with Crippen LogP contribution in [-0.4, -0.2) is 198 Å². The molecule has 624 valence electrons. The van der Waals surface area contributed by atoms with Gasteiger partial charge in [-0.3, -0.25) is 57.5 Å². The lowest BCUT2D eigenvalue weighted by Gasteiger charge is -2.37. The lowest BCUT2D eigenvalue weighted by atomic mass is 9.77. The number of carbonyl (C=O) groups excluding carboxylic acids is 11. The Bertz CT molecular complexity index is 4220. The van der Waals surface area contributed by atoms with E-state index in [9.17, 15) is 116 Å². The second-order valence-corrected chi connectivity index (χ2v) is 26.8. The fourth-order valence-electron chi connectivity index (χ4n) is 11.7. The molecule has 17 N–H and O–H groups in total. The molecule has 0 saturated carbocycles. The lowest BCUT2D eigenvalue weighted by Crippen LogP contribution is -2.61. The number of hydrogen-bond donors (Lipinski definition) is 17. The number of hydrogen-bond acceptors (Lipinski definition) is 22. The summed E-state index contributed by atoms with van der Waals surface area (Å²) in [6, 6.07) is 17.1. The SMILES string of the molecule is CC[C@H](C)[C@H](NC(=O)OCc1ccccc1)C(=O)N[C@@H](CCC(=O)O)C(=O)N[C@H](C(=O)N[C@@H](CC(=O)O)C(=O)Nc1ccc2c(c1)Oc1cc(NC(=O)[C@H](CC(=O)O)NC(=O)[C@@H](NC(=O)[C@H](CCC(=O)O)NC(=O)[C@@H](NC(=O)OCc3ccccc3)[C@@H](C)CC)[C@@H](C)O)ccc1C21OC(=O)c2ccccc21)[C@@H](C)O.O=C(O)C(F)(F)F. The van der Waals surface area contributed by atoms with Crippen molar-refractivity contribution in [1.29, 1.82) is 0 Å². The van der Waals surface area contributed by atoms with Gasteiger partial charge in [-0.2, -0.15) is 13.2 Å². The van der Waals surface area contributed by atoms with Crippen molar-refractivity contribution < 1.29 is 145 Å². The monoisotopic (exact) mass is 1630 g/mol. The van der Waals surface area contributed by atoms with E-state index in [4.69, 9.17) is 28.8 Å². The number of alkyl carbamates (subject to hydrolysis) is 2. The van der Waals surface area contributed by atoms with Crippen molar-refractivity contribution in [1.82, 2.24) is 42.5 Å². The van der Waals surface area contributed by atoms with Gasteiger partial charge in [-0.25, -0.2) is 19.2 Å². The summed E-state index contributed by atoms with van der Waals surface area (Å²) in [5.41, 5.74) is -0.195. The molecule has 5 aromatic carbocycles. The van der Waals surface area contributed by atoms with E-state index in [1.54, 1.807) is 107 Å². The van der Waals surface area contributed by atoms with Gasteiger partial charge in [0.2, 0.25) is 47.3 Å². The van der Waals surface area contributed by atoms with Gasteiger partial charge in [0.25, 0.3) is 0 Å². The first kappa shape index (κ1) is 91.6. The Labute approximate surface area is 658 Å². The molecule has 0 radical (unpaired) electrons. The van der Waals surface area contributed by atoms with E-state index in [0.717, 1.165) is 13.8 Å².